The van der Waals surface area contributed by atoms with Crippen molar-refractivity contribution in [3.63, 3.8) is 0 Å². The lowest BCUT2D eigenvalue weighted by atomic mass is 9.82. The molecule has 0 saturated heterocycles. The first kappa shape index (κ1) is 35.2. The molecule has 0 N–H and O–H groups in total. The Morgan fingerprint density at radius 2 is 0.770 bits per heavy atom. The van der Waals surface area contributed by atoms with Crippen LogP contribution in [0.4, 0.5) is 0 Å². The summed E-state index contributed by atoms with van der Waals surface area (Å²) < 4.78 is 0. The molecule has 0 saturated carbocycles. The molecule has 0 unspecified atom stereocenters. The van der Waals surface area contributed by atoms with Crippen LogP contribution < -0.4 is 0 Å². The van der Waals surface area contributed by atoms with Gasteiger partial charge in [0, 0.05) is 22.1 Å². The normalized spacial score (nSPS) is 12.9. The molecular formula is C58H39N3. The van der Waals surface area contributed by atoms with E-state index >= 15 is 0 Å². The summed E-state index contributed by atoms with van der Waals surface area (Å²) in [5.74, 6) is 1.98. The van der Waals surface area contributed by atoms with E-state index in [2.05, 4.69) is 196 Å². The smallest absolute Gasteiger partial charge is 0.164 e. The quantitative estimate of drug-likeness (QED) is 0.163. The molecule has 286 valence electrons. The summed E-state index contributed by atoms with van der Waals surface area (Å²) in [5, 5.41) is 10.2. The molecule has 0 radical (unpaired) electrons. The number of hydrogen-bond donors (Lipinski definition) is 0. The SMILES string of the molecule is CC1(C)c2ccccc2-c2c(-c3nc(-c4ccccc4)nc(-c4ccc(-c5cccc(-c6cc7c8ccccc8c8ccccc8c7c7ccccc67)c5)cc4)n3)cccc21. The summed E-state index contributed by atoms with van der Waals surface area (Å²) in [4.78, 5) is 15.5. The average Bonchev–Trinajstić information content (AvgIpc) is 3.57. The lowest BCUT2D eigenvalue weighted by Crippen LogP contribution is -2.14. The van der Waals surface area contributed by atoms with Crippen LogP contribution >= 0.6 is 0 Å². The molecule has 1 heterocycles. The van der Waals surface area contributed by atoms with Crippen molar-refractivity contribution in [2.75, 3.05) is 0 Å². The Hall–Kier alpha value is -7.75. The largest absolute Gasteiger partial charge is 0.208 e. The van der Waals surface area contributed by atoms with E-state index in [1.807, 2.05) is 18.2 Å². The Balaban J connectivity index is 0.972. The van der Waals surface area contributed by atoms with Crippen molar-refractivity contribution in [3.8, 4) is 67.5 Å². The third-order valence-electron chi connectivity index (χ3n) is 12.9. The van der Waals surface area contributed by atoms with Gasteiger partial charge in [0.25, 0.3) is 0 Å². The second kappa shape index (κ2) is 13.7. The van der Waals surface area contributed by atoms with E-state index < -0.39 is 0 Å². The number of fused-ring (bicyclic) bond motifs is 11. The molecule has 1 aliphatic carbocycles. The number of hydrogen-bond acceptors (Lipinski definition) is 3. The molecular weight excluding hydrogens is 739 g/mol. The van der Waals surface area contributed by atoms with Crippen LogP contribution in [-0.4, -0.2) is 15.0 Å². The van der Waals surface area contributed by atoms with E-state index in [0.717, 1.165) is 27.8 Å². The standard InChI is InChI=1S/C58H39N3/c1-58(2)51-28-13-12-26-47(51)54-48(27-15-29-52(54)58)57-60-55(37-16-4-3-5-17-37)59-56(61-57)38-32-30-36(31-33-38)39-18-14-19-40(34-39)49-35-50-43-22-7-6-20-41(43)42-21-8-10-24-45(42)53(50)46-25-11-9-23-44(46)49/h3-35H,1-2H3. The van der Waals surface area contributed by atoms with Gasteiger partial charge in [-0.3, -0.25) is 0 Å². The number of nitrogens with zero attached hydrogens (tertiary/aromatic N) is 3. The molecule has 1 aromatic heterocycles. The van der Waals surface area contributed by atoms with Gasteiger partial charge in [0.1, 0.15) is 0 Å². The highest BCUT2D eigenvalue weighted by Crippen LogP contribution is 2.52. The van der Waals surface area contributed by atoms with Crippen LogP contribution in [0.15, 0.2) is 200 Å². The van der Waals surface area contributed by atoms with Crippen LogP contribution in [-0.2, 0) is 5.41 Å². The van der Waals surface area contributed by atoms with Crippen LogP contribution in [0.3, 0.4) is 0 Å². The van der Waals surface area contributed by atoms with Gasteiger partial charge in [-0.1, -0.05) is 202 Å². The maximum absolute atomic E-state index is 5.23. The van der Waals surface area contributed by atoms with Gasteiger partial charge in [-0.25, -0.2) is 15.0 Å². The lowest BCUT2D eigenvalue weighted by molar-refractivity contribution is 0.660. The van der Waals surface area contributed by atoms with Crippen molar-refractivity contribution in [2.24, 2.45) is 0 Å². The minimum atomic E-state index is -0.127. The molecule has 3 nitrogen and oxygen atoms in total. The summed E-state index contributed by atoms with van der Waals surface area (Å²) in [6.07, 6.45) is 0. The molecule has 12 rings (SSSR count). The van der Waals surface area contributed by atoms with Gasteiger partial charge >= 0.3 is 0 Å². The first-order chi connectivity index (χ1) is 30.0. The van der Waals surface area contributed by atoms with Crippen LogP contribution in [0.25, 0.3) is 111 Å². The zero-order valence-electron chi connectivity index (χ0n) is 33.9. The van der Waals surface area contributed by atoms with Crippen LogP contribution in [0.1, 0.15) is 25.0 Å². The number of benzene rings is 10. The van der Waals surface area contributed by atoms with Crippen molar-refractivity contribution in [2.45, 2.75) is 19.3 Å². The van der Waals surface area contributed by atoms with E-state index in [9.17, 15) is 0 Å². The molecule has 0 fully saturated rings. The van der Waals surface area contributed by atoms with Gasteiger partial charge in [0.2, 0.25) is 0 Å². The first-order valence-electron chi connectivity index (χ1n) is 21.0. The van der Waals surface area contributed by atoms with Crippen molar-refractivity contribution in [1.29, 1.82) is 0 Å². The molecule has 3 heteroatoms. The molecule has 0 bridgehead atoms. The fourth-order valence-corrected chi connectivity index (χ4v) is 9.97. The van der Waals surface area contributed by atoms with E-state index in [-0.39, 0.29) is 5.41 Å². The van der Waals surface area contributed by atoms with E-state index in [1.54, 1.807) is 0 Å². The second-order valence-corrected chi connectivity index (χ2v) is 16.7. The van der Waals surface area contributed by atoms with Gasteiger partial charge in [-0.15, -0.1) is 0 Å². The summed E-state index contributed by atoms with van der Waals surface area (Å²) >= 11 is 0. The fraction of sp³-hybridized carbons (Fsp3) is 0.0517. The highest BCUT2D eigenvalue weighted by Gasteiger charge is 2.37. The van der Waals surface area contributed by atoms with Crippen LogP contribution in [0.2, 0.25) is 0 Å². The second-order valence-electron chi connectivity index (χ2n) is 16.7. The zero-order chi connectivity index (χ0) is 40.7. The van der Waals surface area contributed by atoms with Gasteiger partial charge in [-0.05, 0) is 99.7 Å². The summed E-state index contributed by atoms with van der Waals surface area (Å²) in [6, 6.07) is 72.1. The molecule has 0 spiro atoms. The Morgan fingerprint density at radius 3 is 1.51 bits per heavy atom. The average molecular weight is 778 g/mol. The van der Waals surface area contributed by atoms with E-state index in [4.69, 9.17) is 15.0 Å². The topological polar surface area (TPSA) is 38.7 Å². The highest BCUT2D eigenvalue weighted by molar-refractivity contribution is 6.33. The van der Waals surface area contributed by atoms with E-state index in [0.29, 0.717) is 17.5 Å². The molecule has 11 aromatic rings. The number of rotatable bonds is 5. The third-order valence-corrected chi connectivity index (χ3v) is 12.9. The minimum absolute atomic E-state index is 0.127. The fourth-order valence-electron chi connectivity index (χ4n) is 9.97. The van der Waals surface area contributed by atoms with E-state index in [1.165, 1.54) is 76.5 Å². The summed E-state index contributed by atoms with van der Waals surface area (Å²) in [7, 11) is 0. The molecule has 0 amide bonds. The molecule has 10 aromatic carbocycles. The highest BCUT2D eigenvalue weighted by atomic mass is 15.0. The Morgan fingerprint density at radius 1 is 0.295 bits per heavy atom. The van der Waals surface area contributed by atoms with Gasteiger partial charge in [-0.2, -0.15) is 0 Å². The predicted octanol–water partition coefficient (Wildman–Crippen LogP) is 15.1. The van der Waals surface area contributed by atoms with Crippen LogP contribution in [0.5, 0.6) is 0 Å². The van der Waals surface area contributed by atoms with Gasteiger partial charge in [0.15, 0.2) is 17.5 Å². The summed E-state index contributed by atoms with van der Waals surface area (Å²) in [5.41, 5.74) is 12.5. The van der Waals surface area contributed by atoms with Crippen LogP contribution in [0, 0.1) is 0 Å². The molecule has 0 atom stereocenters. The van der Waals surface area contributed by atoms with Crippen molar-refractivity contribution < 1.29 is 0 Å². The van der Waals surface area contributed by atoms with Crippen molar-refractivity contribution >= 4 is 43.1 Å². The first-order valence-corrected chi connectivity index (χ1v) is 21.0. The Kier molecular flexibility index (Phi) is 7.88. The van der Waals surface area contributed by atoms with Crippen molar-refractivity contribution in [3.05, 3.63) is 211 Å². The Bertz CT molecular complexity index is 3550. The number of aromatic nitrogens is 3. The zero-order valence-corrected chi connectivity index (χ0v) is 33.9. The minimum Gasteiger partial charge on any atom is -0.208 e. The van der Waals surface area contributed by atoms with Gasteiger partial charge < -0.3 is 0 Å². The lowest BCUT2D eigenvalue weighted by Gasteiger charge is -2.21. The third kappa shape index (κ3) is 5.55. The Labute approximate surface area is 354 Å². The summed E-state index contributed by atoms with van der Waals surface area (Å²) in [6.45, 7) is 4.61. The molecule has 61 heavy (non-hydrogen) atoms. The van der Waals surface area contributed by atoms with Gasteiger partial charge in [0.05, 0.1) is 0 Å². The van der Waals surface area contributed by atoms with Crippen molar-refractivity contribution in [1.82, 2.24) is 15.0 Å². The maximum atomic E-state index is 5.23. The predicted molar refractivity (Wildman–Crippen MR) is 255 cm³/mol. The molecule has 1 aliphatic rings. The molecule has 0 aliphatic heterocycles. The maximum Gasteiger partial charge on any atom is 0.164 e. The monoisotopic (exact) mass is 777 g/mol.